The molecule has 0 fully saturated rings. The van der Waals surface area contributed by atoms with Crippen LogP contribution in [-0.2, 0) is 19.1 Å². The average Bonchev–Trinajstić information content (AvgIpc) is 2.72. The van der Waals surface area contributed by atoms with E-state index in [9.17, 15) is 14.4 Å². The molecule has 7 nitrogen and oxygen atoms in total. The second kappa shape index (κ2) is 9.05. The maximum Gasteiger partial charge on any atom is 0.338 e. The number of esters is 1. The zero-order valence-electron chi connectivity index (χ0n) is 16.3. The molecule has 2 amide bonds. The highest BCUT2D eigenvalue weighted by Gasteiger charge is 2.19. The summed E-state index contributed by atoms with van der Waals surface area (Å²) in [6, 6.07) is 13.0. The Morgan fingerprint density at radius 2 is 1.72 bits per heavy atom. The number of nitrogens with one attached hydrogen (secondary N) is 2. The first-order chi connectivity index (χ1) is 13.9. The van der Waals surface area contributed by atoms with Gasteiger partial charge in [-0.25, -0.2) is 4.79 Å². The predicted molar refractivity (Wildman–Crippen MR) is 108 cm³/mol. The molecule has 1 aliphatic rings. The van der Waals surface area contributed by atoms with Gasteiger partial charge in [0.2, 0.25) is 5.91 Å². The summed E-state index contributed by atoms with van der Waals surface area (Å²) in [5.41, 5.74) is 3.69. The Hall–Kier alpha value is -3.61. The molecule has 0 radical (unpaired) electrons. The van der Waals surface area contributed by atoms with E-state index in [0.29, 0.717) is 11.3 Å². The van der Waals surface area contributed by atoms with Crippen molar-refractivity contribution in [3.05, 3.63) is 64.7 Å². The van der Waals surface area contributed by atoms with Gasteiger partial charge < -0.3 is 20.1 Å². The highest BCUT2D eigenvalue weighted by Crippen LogP contribution is 2.26. The molecule has 0 saturated heterocycles. The smallest absolute Gasteiger partial charge is 0.338 e. The van der Waals surface area contributed by atoms with Gasteiger partial charge in [0.05, 0.1) is 12.1 Å². The van der Waals surface area contributed by atoms with Crippen molar-refractivity contribution in [3.63, 3.8) is 0 Å². The highest BCUT2D eigenvalue weighted by atomic mass is 16.5. The van der Waals surface area contributed by atoms with Crippen LogP contribution in [0.15, 0.2) is 48.0 Å². The van der Waals surface area contributed by atoms with Crippen molar-refractivity contribution < 1.29 is 23.9 Å². The number of hydrogen-bond donors (Lipinski definition) is 2. The lowest BCUT2D eigenvalue weighted by atomic mass is 10.1. The Labute approximate surface area is 168 Å². The van der Waals surface area contributed by atoms with Crippen LogP contribution in [0.2, 0.25) is 0 Å². The summed E-state index contributed by atoms with van der Waals surface area (Å²) in [7, 11) is 0. The van der Waals surface area contributed by atoms with Gasteiger partial charge in [0.15, 0.2) is 6.61 Å². The van der Waals surface area contributed by atoms with Crippen LogP contribution in [-0.4, -0.2) is 37.5 Å². The molecular weight excluding hydrogens is 372 g/mol. The topological polar surface area (TPSA) is 93.7 Å². The van der Waals surface area contributed by atoms with Crippen molar-refractivity contribution in [2.24, 2.45) is 0 Å². The van der Waals surface area contributed by atoms with Crippen LogP contribution < -0.4 is 15.4 Å². The molecule has 7 heteroatoms. The lowest BCUT2D eigenvalue weighted by Gasteiger charge is -2.16. The van der Waals surface area contributed by atoms with Gasteiger partial charge in [-0.05, 0) is 37.1 Å². The highest BCUT2D eigenvalue weighted by molar-refractivity contribution is 5.98. The molecule has 29 heavy (non-hydrogen) atoms. The van der Waals surface area contributed by atoms with Crippen LogP contribution >= 0.6 is 0 Å². The molecule has 3 rings (SSSR count). The SMILES string of the molecule is Cc1cccc(C)c1NC(=O)CNC(=O)COC(=O)C1=Cc2ccccc2OC1. The fourth-order valence-electron chi connectivity index (χ4n) is 2.88. The first kappa shape index (κ1) is 20.1. The lowest BCUT2D eigenvalue weighted by molar-refractivity contribution is -0.145. The summed E-state index contributed by atoms with van der Waals surface area (Å²) in [6.45, 7) is 3.17. The fraction of sp³-hybridized carbons (Fsp3) is 0.227. The van der Waals surface area contributed by atoms with Crippen LogP contribution in [0.1, 0.15) is 16.7 Å². The number of amides is 2. The van der Waals surface area contributed by atoms with E-state index < -0.39 is 18.5 Å². The predicted octanol–water partition coefficient (Wildman–Crippen LogP) is 2.38. The molecule has 0 aliphatic carbocycles. The van der Waals surface area contributed by atoms with Crippen molar-refractivity contribution in [3.8, 4) is 5.75 Å². The van der Waals surface area contributed by atoms with Gasteiger partial charge in [0.25, 0.3) is 5.91 Å². The van der Waals surface area contributed by atoms with Gasteiger partial charge in [-0.15, -0.1) is 0 Å². The van der Waals surface area contributed by atoms with Gasteiger partial charge >= 0.3 is 5.97 Å². The number of para-hydroxylation sites is 2. The maximum absolute atomic E-state index is 12.1. The van der Waals surface area contributed by atoms with E-state index in [2.05, 4.69) is 10.6 Å². The normalized spacial score (nSPS) is 12.1. The van der Waals surface area contributed by atoms with Crippen LogP contribution in [0.4, 0.5) is 5.69 Å². The summed E-state index contributed by atoms with van der Waals surface area (Å²) in [4.78, 5) is 36.1. The molecule has 2 aromatic carbocycles. The minimum absolute atomic E-state index is 0.0790. The molecule has 0 spiro atoms. The van der Waals surface area contributed by atoms with E-state index in [1.165, 1.54) is 0 Å². The van der Waals surface area contributed by atoms with Crippen molar-refractivity contribution in [2.75, 3.05) is 25.1 Å². The van der Waals surface area contributed by atoms with E-state index in [1.807, 2.05) is 56.3 Å². The van der Waals surface area contributed by atoms with Crippen molar-refractivity contribution in [2.45, 2.75) is 13.8 Å². The Balaban J connectivity index is 1.45. The first-order valence-electron chi connectivity index (χ1n) is 9.16. The van der Waals surface area contributed by atoms with E-state index in [1.54, 1.807) is 6.08 Å². The molecular formula is C22H22N2O5. The van der Waals surface area contributed by atoms with Gasteiger partial charge in [-0.2, -0.15) is 0 Å². The Bertz CT molecular complexity index is 961. The third-order valence-corrected chi connectivity index (χ3v) is 4.42. The third-order valence-electron chi connectivity index (χ3n) is 4.42. The van der Waals surface area contributed by atoms with E-state index in [0.717, 1.165) is 22.4 Å². The summed E-state index contributed by atoms with van der Waals surface area (Å²) in [6.07, 6.45) is 1.68. The number of carbonyl (C=O) groups excluding carboxylic acids is 3. The summed E-state index contributed by atoms with van der Waals surface area (Å²) in [5, 5.41) is 5.21. The molecule has 0 saturated carbocycles. The third kappa shape index (κ3) is 5.22. The number of hydrogen-bond acceptors (Lipinski definition) is 5. The van der Waals surface area contributed by atoms with E-state index in [-0.39, 0.29) is 19.1 Å². The minimum Gasteiger partial charge on any atom is -0.488 e. The van der Waals surface area contributed by atoms with Crippen LogP contribution in [0.5, 0.6) is 5.75 Å². The number of benzene rings is 2. The molecule has 2 N–H and O–H groups in total. The standard InChI is InChI=1S/C22H22N2O5/c1-14-6-5-7-15(2)21(14)24-19(25)11-23-20(26)13-29-22(27)17-10-16-8-3-4-9-18(16)28-12-17/h3-10H,11-13H2,1-2H3,(H,23,26)(H,24,25). The van der Waals surface area contributed by atoms with Crippen LogP contribution in [0, 0.1) is 13.8 Å². The Morgan fingerprint density at radius 1 is 1.00 bits per heavy atom. The molecule has 0 atom stereocenters. The molecule has 0 bridgehead atoms. The number of ether oxygens (including phenoxy) is 2. The minimum atomic E-state index is -0.630. The van der Waals surface area contributed by atoms with E-state index in [4.69, 9.17) is 9.47 Å². The number of fused-ring (bicyclic) bond motifs is 1. The maximum atomic E-state index is 12.1. The lowest BCUT2D eigenvalue weighted by Crippen LogP contribution is -2.36. The molecule has 2 aromatic rings. The van der Waals surface area contributed by atoms with Crippen LogP contribution in [0.3, 0.4) is 0 Å². The molecule has 0 unspecified atom stereocenters. The molecule has 1 heterocycles. The van der Waals surface area contributed by atoms with Crippen molar-refractivity contribution in [1.29, 1.82) is 0 Å². The number of carbonyl (C=O) groups is 3. The Kier molecular flexibility index (Phi) is 6.29. The monoisotopic (exact) mass is 394 g/mol. The number of aryl methyl sites for hydroxylation is 2. The van der Waals surface area contributed by atoms with Gasteiger partial charge in [0, 0.05) is 11.3 Å². The quantitative estimate of drug-likeness (QED) is 0.734. The Morgan fingerprint density at radius 3 is 2.48 bits per heavy atom. The first-order valence-corrected chi connectivity index (χ1v) is 9.16. The van der Waals surface area contributed by atoms with Gasteiger partial charge in [0.1, 0.15) is 12.4 Å². The molecule has 150 valence electrons. The van der Waals surface area contributed by atoms with Crippen molar-refractivity contribution >= 4 is 29.5 Å². The zero-order valence-corrected chi connectivity index (χ0v) is 16.3. The molecule has 0 aromatic heterocycles. The number of rotatable bonds is 6. The van der Waals surface area contributed by atoms with Crippen molar-refractivity contribution in [1.82, 2.24) is 5.32 Å². The van der Waals surface area contributed by atoms with Gasteiger partial charge in [-0.3, -0.25) is 9.59 Å². The zero-order chi connectivity index (χ0) is 20.8. The van der Waals surface area contributed by atoms with E-state index >= 15 is 0 Å². The van der Waals surface area contributed by atoms with Crippen LogP contribution in [0.25, 0.3) is 6.08 Å². The summed E-state index contributed by atoms with van der Waals surface area (Å²) >= 11 is 0. The molecule has 1 aliphatic heterocycles. The second-order valence-electron chi connectivity index (χ2n) is 6.66. The largest absolute Gasteiger partial charge is 0.488 e. The van der Waals surface area contributed by atoms with Gasteiger partial charge in [-0.1, -0.05) is 36.4 Å². The average molecular weight is 394 g/mol. The summed E-state index contributed by atoms with van der Waals surface area (Å²) in [5.74, 6) is -0.860. The second-order valence-corrected chi connectivity index (χ2v) is 6.66. The fourth-order valence-corrected chi connectivity index (χ4v) is 2.88. The summed E-state index contributed by atoms with van der Waals surface area (Å²) < 4.78 is 10.5. The number of anilines is 1.